The number of hydrogen-bond acceptors (Lipinski definition) is 8. The molecule has 300 valence electrons. The second-order valence-corrected chi connectivity index (χ2v) is 16.4. The molecule has 0 saturated carbocycles. The van der Waals surface area contributed by atoms with Gasteiger partial charge in [-0.15, -0.1) is 0 Å². The Labute approximate surface area is 378 Å². The van der Waals surface area contributed by atoms with Gasteiger partial charge >= 0.3 is 0 Å². The van der Waals surface area contributed by atoms with Gasteiger partial charge in [-0.2, -0.15) is 0 Å². The van der Waals surface area contributed by atoms with Gasteiger partial charge in [0.2, 0.25) is 0 Å². The Morgan fingerprint density at radius 3 is 0.661 bits per heavy atom. The number of ether oxygens (including phenoxy) is 5. The predicted octanol–water partition coefficient (Wildman–Crippen LogP) is 15.2. The lowest BCUT2D eigenvalue weighted by atomic mass is 10.1. The van der Waals surface area contributed by atoms with Crippen LogP contribution in [0.4, 0.5) is 51.2 Å². The van der Waals surface area contributed by atoms with E-state index in [0.29, 0.717) is 0 Å². The van der Waals surface area contributed by atoms with Crippen LogP contribution in [0.3, 0.4) is 0 Å². The van der Waals surface area contributed by atoms with Crippen LogP contribution in [0.25, 0.3) is 0 Å². The van der Waals surface area contributed by atoms with Gasteiger partial charge in [0.05, 0.1) is 58.3 Å². The molecule has 0 heterocycles. The maximum Gasteiger partial charge on any atom is 0.119 e. The smallest absolute Gasteiger partial charge is 0.119 e. The van der Waals surface area contributed by atoms with Crippen LogP contribution in [-0.4, -0.2) is 35.5 Å². The van der Waals surface area contributed by atoms with Crippen LogP contribution in [0, 0.1) is 0 Å². The van der Waals surface area contributed by atoms with Crippen LogP contribution >= 0.6 is 63.7 Å². The van der Waals surface area contributed by atoms with E-state index in [-0.39, 0.29) is 0 Å². The van der Waals surface area contributed by atoms with Crippen molar-refractivity contribution in [1.82, 2.24) is 0 Å². The largest absolute Gasteiger partial charge is 0.497 e. The first kappa shape index (κ1) is 42.0. The standard InChI is InChI=1S/C47H39Br4N3O5/c1-55-35-16-6-30(7-17-35)52(31-8-18-36(56-2)19-9-31)44-28-46(42(50)26-40(44)48)54(34-14-24-39(59-5)25-15-34)47-29-45(41(49)27-43(47)51)53(32-10-20-37(57-3)21-11-32)33-12-22-38(58-4)23-13-33/h6-29H,1-5H3. The molecule has 12 heteroatoms. The molecule has 0 unspecified atom stereocenters. The summed E-state index contributed by atoms with van der Waals surface area (Å²) in [5.74, 6) is 3.80. The van der Waals surface area contributed by atoms with Crippen LogP contribution in [-0.2, 0) is 0 Å². The topological polar surface area (TPSA) is 55.9 Å². The lowest BCUT2D eigenvalue weighted by molar-refractivity contribution is 0.414. The van der Waals surface area contributed by atoms with Gasteiger partial charge in [-0.1, -0.05) is 0 Å². The highest BCUT2D eigenvalue weighted by atomic mass is 79.9. The van der Waals surface area contributed by atoms with Gasteiger partial charge in [0, 0.05) is 46.3 Å². The Balaban J connectivity index is 1.47. The Morgan fingerprint density at radius 2 is 0.458 bits per heavy atom. The van der Waals surface area contributed by atoms with Gasteiger partial charge in [0.25, 0.3) is 0 Å². The molecule has 0 radical (unpaired) electrons. The van der Waals surface area contributed by atoms with Gasteiger partial charge in [-0.05, 0) is 209 Å². The second-order valence-electron chi connectivity index (χ2n) is 13.0. The molecule has 0 N–H and O–H groups in total. The fourth-order valence-corrected chi connectivity index (χ4v) is 9.35. The molecule has 0 bridgehead atoms. The molecule has 8 nitrogen and oxygen atoms in total. The Bertz CT molecular complexity index is 2270. The van der Waals surface area contributed by atoms with Crippen LogP contribution in [0.1, 0.15) is 0 Å². The SMILES string of the molecule is COc1ccc(N(c2ccc(OC)cc2)c2cc(N(c3ccc(OC)cc3)c3cc(N(c4ccc(OC)cc4)c4ccc(OC)cc4)c(Br)cc3Br)c(Br)cc2Br)cc1. The zero-order valence-electron chi connectivity index (χ0n) is 32.8. The fraction of sp³-hybridized carbons (Fsp3) is 0.106. The van der Waals surface area contributed by atoms with Gasteiger partial charge in [0.15, 0.2) is 0 Å². The van der Waals surface area contributed by atoms with Gasteiger partial charge in [0.1, 0.15) is 28.7 Å². The summed E-state index contributed by atoms with van der Waals surface area (Å²) < 4.78 is 31.2. The van der Waals surface area contributed by atoms with Gasteiger partial charge < -0.3 is 38.4 Å². The highest BCUT2D eigenvalue weighted by Gasteiger charge is 2.26. The number of nitrogens with zero attached hydrogens (tertiary/aromatic N) is 3. The van der Waals surface area contributed by atoms with E-state index in [0.717, 1.165) is 97.8 Å². The van der Waals surface area contributed by atoms with E-state index in [1.165, 1.54) is 0 Å². The molecule has 7 aromatic rings. The lowest BCUT2D eigenvalue weighted by Gasteiger charge is -2.33. The third kappa shape index (κ3) is 9.06. The zero-order valence-corrected chi connectivity index (χ0v) is 39.1. The van der Waals surface area contributed by atoms with Crippen LogP contribution in [0.5, 0.6) is 28.7 Å². The third-order valence-electron chi connectivity index (χ3n) is 9.65. The third-order valence-corrected chi connectivity index (χ3v) is 12.2. The maximum absolute atomic E-state index is 5.60. The summed E-state index contributed by atoms with van der Waals surface area (Å²) in [6.45, 7) is 0. The Kier molecular flexibility index (Phi) is 13.4. The summed E-state index contributed by atoms with van der Waals surface area (Å²) in [4.78, 5) is 6.62. The number of hydrogen-bond donors (Lipinski definition) is 0. The minimum absolute atomic E-state index is 0.746. The first-order chi connectivity index (χ1) is 28.7. The molecule has 0 aliphatic rings. The van der Waals surface area contributed by atoms with Gasteiger partial charge in [-0.3, -0.25) is 0 Å². The summed E-state index contributed by atoms with van der Waals surface area (Å²) in [7, 11) is 8.34. The number of rotatable bonds is 14. The predicted molar refractivity (Wildman–Crippen MR) is 254 cm³/mol. The number of methoxy groups -OCH3 is 5. The van der Waals surface area contributed by atoms with Crippen molar-refractivity contribution in [3.8, 4) is 28.7 Å². The molecule has 0 aliphatic carbocycles. The van der Waals surface area contributed by atoms with Crippen molar-refractivity contribution in [2.24, 2.45) is 0 Å². The normalized spacial score (nSPS) is 10.8. The van der Waals surface area contributed by atoms with Crippen molar-refractivity contribution in [2.45, 2.75) is 0 Å². The van der Waals surface area contributed by atoms with E-state index in [9.17, 15) is 0 Å². The molecule has 0 saturated heterocycles. The average molecular weight is 1050 g/mol. The van der Waals surface area contributed by atoms with E-state index < -0.39 is 0 Å². The average Bonchev–Trinajstić information content (AvgIpc) is 3.27. The van der Waals surface area contributed by atoms with Crippen molar-refractivity contribution >= 4 is 115 Å². The summed E-state index contributed by atoms with van der Waals surface area (Å²) in [6.07, 6.45) is 0. The highest BCUT2D eigenvalue weighted by molar-refractivity contribution is 9.11. The van der Waals surface area contributed by atoms with Crippen molar-refractivity contribution in [3.05, 3.63) is 163 Å². The summed E-state index contributed by atoms with van der Waals surface area (Å²) >= 11 is 15.9. The molecule has 0 atom stereocenters. The zero-order chi connectivity index (χ0) is 41.6. The number of benzene rings is 7. The molecule has 0 aromatic heterocycles. The molecule has 7 rings (SSSR count). The van der Waals surface area contributed by atoms with Gasteiger partial charge in [-0.25, -0.2) is 0 Å². The summed E-state index contributed by atoms with van der Waals surface area (Å²) in [5, 5.41) is 0. The molecular formula is C47H39Br4N3O5. The molecule has 59 heavy (non-hydrogen) atoms. The van der Waals surface area contributed by atoms with Crippen LogP contribution in [0.15, 0.2) is 163 Å². The van der Waals surface area contributed by atoms with E-state index in [1.54, 1.807) is 35.5 Å². The molecule has 0 spiro atoms. The van der Waals surface area contributed by atoms with Crippen LogP contribution < -0.4 is 38.4 Å². The van der Waals surface area contributed by atoms with E-state index >= 15 is 0 Å². The molecule has 7 aromatic carbocycles. The van der Waals surface area contributed by atoms with E-state index in [4.69, 9.17) is 23.7 Å². The first-order valence-electron chi connectivity index (χ1n) is 18.2. The van der Waals surface area contributed by atoms with E-state index in [1.807, 2.05) is 109 Å². The summed E-state index contributed by atoms with van der Waals surface area (Å²) in [6, 6.07) is 48.6. The first-order valence-corrected chi connectivity index (χ1v) is 21.4. The molecule has 0 fully saturated rings. The fourth-order valence-electron chi connectivity index (χ4n) is 6.66. The van der Waals surface area contributed by atoms with Crippen molar-refractivity contribution < 1.29 is 23.7 Å². The Hall–Kier alpha value is -5.14. The minimum Gasteiger partial charge on any atom is -0.497 e. The minimum atomic E-state index is 0.746. The van der Waals surface area contributed by atoms with Crippen molar-refractivity contribution in [1.29, 1.82) is 0 Å². The second kappa shape index (κ2) is 18.8. The monoisotopic (exact) mass is 1040 g/mol. The van der Waals surface area contributed by atoms with Crippen molar-refractivity contribution in [3.63, 3.8) is 0 Å². The molecular weight excluding hydrogens is 1010 g/mol. The van der Waals surface area contributed by atoms with Crippen LogP contribution in [0.2, 0.25) is 0 Å². The molecule has 0 aliphatic heterocycles. The summed E-state index contributed by atoms with van der Waals surface area (Å²) in [5.41, 5.74) is 8.15. The number of anilines is 9. The highest BCUT2D eigenvalue weighted by Crippen LogP contribution is 2.51. The Morgan fingerprint density at radius 1 is 0.271 bits per heavy atom. The quantitative estimate of drug-likeness (QED) is 0.107. The number of halogens is 4. The van der Waals surface area contributed by atoms with Crippen molar-refractivity contribution in [2.75, 3.05) is 50.2 Å². The maximum atomic E-state index is 5.60. The lowest BCUT2D eigenvalue weighted by Crippen LogP contribution is -2.16. The van der Waals surface area contributed by atoms with E-state index in [2.05, 4.69) is 115 Å². The molecule has 0 amide bonds.